The van der Waals surface area contributed by atoms with Crippen LogP contribution >= 0.6 is 0 Å². The van der Waals surface area contributed by atoms with Crippen molar-refractivity contribution in [1.29, 1.82) is 0 Å². The van der Waals surface area contributed by atoms with Gasteiger partial charge in [0.2, 0.25) is 0 Å². The number of likely N-dealkylation sites (N-methyl/N-ethyl adjacent to an activating group) is 1. The van der Waals surface area contributed by atoms with Crippen molar-refractivity contribution in [2.45, 2.75) is 0 Å². The first kappa shape index (κ1) is 17.0. The van der Waals surface area contributed by atoms with Gasteiger partial charge in [-0.05, 0) is 54.1 Å². The molecule has 1 aliphatic rings. The number of hydrogen-bond donors (Lipinski definition) is 1. The average Bonchev–Trinajstić information content (AvgIpc) is 3.12. The van der Waals surface area contributed by atoms with Gasteiger partial charge in [0, 0.05) is 54.4 Å². The van der Waals surface area contributed by atoms with Gasteiger partial charge in [0.25, 0.3) is 0 Å². The minimum absolute atomic E-state index is 0.912. The molecule has 0 spiro atoms. The molecule has 0 radical (unpaired) electrons. The molecule has 2 aromatic carbocycles. The highest BCUT2D eigenvalue weighted by atomic mass is 15.2. The molecular weight excluding hydrogens is 344 g/mol. The summed E-state index contributed by atoms with van der Waals surface area (Å²) >= 11 is 0. The highest BCUT2D eigenvalue weighted by Gasteiger charge is 2.14. The summed E-state index contributed by atoms with van der Waals surface area (Å²) in [6, 6.07) is 17.6. The van der Waals surface area contributed by atoms with Crippen molar-refractivity contribution in [3.63, 3.8) is 0 Å². The lowest BCUT2D eigenvalue weighted by atomic mass is 10.0. The van der Waals surface area contributed by atoms with Gasteiger partial charge < -0.3 is 14.8 Å². The normalized spacial score (nSPS) is 15.4. The van der Waals surface area contributed by atoms with Crippen LogP contribution in [-0.4, -0.2) is 48.1 Å². The molecule has 0 amide bonds. The molecule has 0 saturated carbocycles. The van der Waals surface area contributed by atoms with Crippen molar-refractivity contribution in [2.24, 2.45) is 0 Å². The summed E-state index contributed by atoms with van der Waals surface area (Å²) < 4.78 is 0. The van der Waals surface area contributed by atoms with Crippen LogP contribution in [0.5, 0.6) is 0 Å². The third kappa shape index (κ3) is 2.86. The van der Waals surface area contributed by atoms with Crippen molar-refractivity contribution < 1.29 is 0 Å². The highest BCUT2D eigenvalue weighted by molar-refractivity contribution is 6.10. The van der Waals surface area contributed by atoms with E-state index in [1.54, 1.807) is 0 Å². The van der Waals surface area contributed by atoms with Crippen LogP contribution in [0.15, 0.2) is 61.3 Å². The van der Waals surface area contributed by atoms with E-state index in [4.69, 9.17) is 0 Å². The first-order valence-corrected chi connectivity index (χ1v) is 9.80. The van der Waals surface area contributed by atoms with E-state index >= 15 is 0 Å². The summed E-state index contributed by atoms with van der Waals surface area (Å²) in [5.41, 5.74) is 6.89. The van der Waals surface area contributed by atoms with E-state index in [-0.39, 0.29) is 0 Å². The number of anilines is 1. The Bertz CT molecular complexity index is 1150. The topological polar surface area (TPSA) is 35.2 Å². The highest BCUT2D eigenvalue weighted by Crippen LogP contribution is 2.32. The monoisotopic (exact) mass is 368 g/mol. The summed E-state index contributed by atoms with van der Waals surface area (Å²) in [7, 11) is 2.19. The van der Waals surface area contributed by atoms with Crippen molar-refractivity contribution in [3.8, 4) is 11.1 Å². The van der Waals surface area contributed by atoms with Crippen LogP contribution in [0.1, 0.15) is 5.56 Å². The molecule has 1 N–H and O–H groups in total. The summed E-state index contributed by atoms with van der Waals surface area (Å²) in [4.78, 5) is 12.8. The summed E-state index contributed by atoms with van der Waals surface area (Å²) in [6.45, 7) is 8.39. The second kappa shape index (κ2) is 6.80. The minimum atomic E-state index is 0.912. The average molecular weight is 368 g/mol. The number of aromatic nitrogens is 2. The molecule has 0 aliphatic carbocycles. The summed E-state index contributed by atoms with van der Waals surface area (Å²) in [5.74, 6) is 0. The lowest BCUT2D eigenvalue weighted by molar-refractivity contribution is 0.313. The fourth-order valence-electron chi connectivity index (χ4n) is 4.12. The van der Waals surface area contributed by atoms with E-state index in [0.29, 0.717) is 0 Å². The van der Waals surface area contributed by atoms with E-state index < -0.39 is 0 Å². The Balaban J connectivity index is 1.52. The van der Waals surface area contributed by atoms with Crippen LogP contribution in [-0.2, 0) is 0 Å². The second-order valence-corrected chi connectivity index (χ2v) is 7.55. The van der Waals surface area contributed by atoms with Crippen molar-refractivity contribution in [3.05, 3.63) is 66.9 Å². The van der Waals surface area contributed by atoms with Gasteiger partial charge in [-0.1, -0.05) is 30.9 Å². The van der Waals surface area contributed by atoms with Crippen molar-refractivity contribution in [1.82, 2.24) is 14.9 Å². The van der Waals surface area contributed by atoms with Gasteiger partial charge >= 0.3 is 0 Å². The number of fused-ring (bicyclic) bond motifs is 3. The van der Waals surface area contributed by atoms with Crippen LogP contribution in [0.3, 0.4) is 0 Å². The first-order chi connectivity index (χ1) is 13.7. The molecule has 1 aliphatic heterocycles. The van der Waals surface area contributed by atoms with E-state index in [1.807, 2.05) is 18.3 Å². The van der Waals surface area contributed by atoms with Gasteiger partial charge in [-0.2, -0.15) is 0 Å². The molecule has 4 aromatic rings. The van der Waals surface area contributed by atoms with E-state index in [9.17, 15) is 0 Å². The molecule has 28 heavy (non-hydrogen) atoms. The van der Waals surface area contributed by atoms with Crippen molar-refractivity contribution in [2.75, 3.05) is 38.1 Å². The number of piperazine rings is 1. The Morgan fingerprint density at radius 3 is 2.46 bits per heavy atom. The zero-order valence-corrected chi connectivity index (χ0v) is 16.2. The van der Waals surface area contributed by atoms with Crippen LogP contribution < -0.4 is 4.90 Å². The lowest BCUT2D eigenvalue weighted by Gasteiger charge is -2.34. The Morgan fingerprint density at radius 2 is 1.71 bits per heavy atom. The molecule has 5 rings (SSSR count). The van der Waals surface area contributed by atoms with E-state index in [1.165, 1.54) is 22.2 Å². The number of pyridine rings is 1. The molecule has 0 atom stereocenters. The molecule has 1 fully saturated rings. The first-order valence-electron chi connectivity index (χ1n) is 9.80. The van der Waals surface area contributed by atoms with Gasteiger partial charge in [-0.3, -0.25) is 0 Å². The predicted molar refractivity (Wildman–Crippen MR) is 119 cm³/mol. The number of nitrogens with zero attached hydrogens (tertiary/aromatic N) is 3. The summed E-state index contributed by atoms with van der Waals surface area (Å²) in [6.07, 6.45) is 3.72. The molecular formula is C24H24N4. The molecule has 3 heterocycles. The Kier molecular flexibility index (Phi) is 4.14. The minimum Gasteiger partial charge on any atom is -0.369 e. The van der Waals surface area contributed by atoms with Crippen LogP contribution in [0.2, 0.25) is 0 Å². The van der Waals surface area contributed by atoms with Gasteiger partial charge in [0.05, 0.1) is 0 Å². The molecule has 4 heteroatoms. The Hall–Kier alpha value is -3.11. The third-order valence-corrected chi connectivity index (χ3v) is 5.81. The molecule has 140 valence electrons. The van der Waals surface area contributed by atoms with Crippen LogP contribution in [0.4, 0.5) is 5.69 Å². The zero-order chi connectivity index (χ0) is 19.1. The zero-order valence-electron chi connectivity index (χ0n) is 16.2. The van der Waals surface area contributed by atoms with Crippen LogP contribution in [0, 0.1) is 0 Å². The van der Waals surface area contributed by atoms with Gasteiger partial charge in [0.1, 0.15) is 5.65 Å². The van der Waals surface area contributed by atoms with Crippen LogP contribution in [0.25, 0.3) is 39.1 Å². The number of rotatable bonds is 3. The third-order valence-electron chi connectivity index (χ3n) is 5.81. The second-order valence-electron chi connectivity index (χ2n) is 7.55. The fourth-order valence-corrected chi connectivity index (χ4v) is 4.12. The van der Waals surface area contributed by atoms with E-state index in [0.717, 1.165) is 48.3 Å². The van der Waals surface area contributed by atoms with E-state index in [2.05, 4.69) is 75.9 Å². The molecule has 0 bridgehead atoms. The number of nitrogens with one attached hydrogen (secondary N) is 1. The Labute approximate surface area is 165 Å². The fraction of sp³-hybridized carbons (Fsp3) is 0.208. The molecule has 0 unspecified atom stereocenters. The molecule has 1 saturated heterocycles. The maximum atomic E-state index is 4.49. The number of hydrogen-bond acceptors (Lipinski definition) is 3. The standard InChI is InChI=1S/C24H24N4/c1-3-17-10-11-25-24-23(17)21-16-19(6-9-22(21)26-24)18-4-7-20(8-5-18)28-14-12-27(2)13-15-28/h3-11,16H,1,12-15H2,2H3,(H,25,26). The number of benzene rings is 2. The van der Waals surface area contributed by atoms with Gasteiger partial charge in [-0.15, -0.1) is 0 Å². The SMILES string of the molecule is C=Cc1ccnc2[nH]c3ccc(-c4ccc(N5CCN(C)CC5)cc4)cc3c12. The maximum Gasteiger partial charge on any atom is 0.138 e. The van der Waals surface area contributed by atoms with Gasteiger partial charge in [-0.25, -0.2) is 4.98 Å². The number of H-pyrrole nitrogens is 1. The predicted octanol–water partition coefficient (Wildman–Crippen LogP) is 4.78. The maximum absolute atomic E-state index is 4.49. The Morgan fingerprint density at radius 1 is 0.964 bits per heavy atom. The largest absolute Gasteiger partial charge is 0.369 e. The smallest absolute Gasteiger partial charge is 0.138 e. The lowest BCUT2D eigenvalue weighted by Crippen LogP contribution is -2.44. The number of aromatic amines is 1. The summed E-state index contributed by atoms with van der Waals surface area (Å²) in [5, 5.41) is 2.34. The molecule has 2 aromatic heterocycles. The van der Waals surface area contributed by atoms with Gasteiger partial charge in [0.15, 0.2) is 0 Å². The quantitative estimate of drug-likeness (QED) is 0.565. The molecule has 4 nitrogen and oxygen atoms in total. The van der Waals surface area contributed by atoms with Crippen molar-refractivity contribution >= 4 is 33.7 Å².